The number of sulfonamides is 1. The van der Waals surface area contributed by atoms with Crippen molar-refractivity contribution in [1.82, 2.24) is 10.2 Å². The predicted octanol–water partition coefficient (Wildman–Crippen LogP) is 3.41. The molecule has 0 aliphatic rings. The third-order valence-corrected chi connectivity index (χ3v) is 6.63. The molecule has 0 spiro atoms. The van der Waals surface area contributed by atoms with E-state index < -0.39 is 34.1 Å². The molecule has 35 heavy (non-hydrogen) atoms. The van der Waals surface area contributed by atoms with Crippen LogP contribution < -0.4 is 14.4 Å². The highest BCUT2D eigenvalue weighted by Gasteiger charge is 2.32. The number of ether oxygens (including phenoxy) is 1. The van der Waals surface area contributed by atoms with Gasteiger partial charge in [-0.25, -0.2) is 8.42 Å². The van der Waals surface area contributed by atoms with Crippen LogP contribution in [0.2, 0.25) is 0 Å². The van der Waals surface area contributed by atoms with Crippen molar-refractivity contribution >= 4 is 27.5 Å². The topological polar surface area (TPSA) is 96.0 Å². The van der Waals surface area contributed by atoms with Crippen LogP contribution >= 0.6 is 0 Å². The van der Waals surface area contributed by atoms with Crippen LogP contribution in [0.4, 0.5) is 5.69 Å². The summed E-state index contributed by atoms with van der Waals surface area (Å²) in [4.78, 5) is 28.1. The number of carbonyl (C=O) groups is 2. The number of nitrogens with one attached hydrogen (secondary N) is 1. The van der Waals surface area contributed by atoms with E-state index in [0.29, 0.717) is 11.4 Å². The molecule has 1 unspecified atom stereocenters. The molecular weight excluding hydrogens is 466 g/mol. The van der Waals surface area contributed by atoms with Gasteiger partial charge in [-0.1, -0.05) is 30.3 Å². The van der Waals surface area contributed by atoms with Gasteiger partial charge in [0, 0.05) is 12.1 Å². The zero-order chi connectivity index (χ0) is 26.6. The Kier molecular flexibility index (Phi) is 8.94. The van der Waals surface area contributed by atoms with E-state index >= 15 is 0 Å². The molecule has 0 heterocycles. The Morgan fingerprint density at radius 3 is 2.14 bits per heavy atom. The predicted molar refractivity (Wildman–Crippen MR) is 139 cm³/mol. The lowest BCUT2D eigenvalue weighted by molar-refractivity contribution is -0.140. The molecule has 9 heteroatoms. The van der Waals surface area contributed by atoms with E-state index in [0.717, 1.165) is 27.3 Å². The quantitative estimate of drug-likeness (QED) is 0.566. The number of hydrogen-bond donors (Lipinski definition) is 1. The van der Waals surface area contributed by atoms with Gasteiger partial charge in [-0.3, -0.25) is 13.9 Å². The van der Waals surface area contributed by atoms with Crippen LogP contribution in [0.3, 0.4) is 0 Å². The highest BCUT2D eigenvalue weighted by atomic mass is 32.2. The molecule has 0 aromatic heterocycles. The SMILES string of the molecule is COc1cccc(CN(C(=O)CN(c2c(C)cccc2C)S(C)(=O)=O)C(C)C(=O)NC(C)(C)C)c1. The number of benzene rings is 2. The van der Waals surface area contributed by atoms with Gasteiger partial charge in [-0.2, -0.15) is 0 Å². The van der Waals surface area contributed by atoms with Crippen LogP contribution in [0.1, 0.15) is 44.4 Å². The zero-order valence-electron chi connectivity index (χ0n) is 21.9. The van der Waals surface area contributed by atoms with Crippen molar-refractivity contribution in [2.24, 2.45) is 0 Å². The zero-order valence-corrected chi connectivity index (χ0v) is 22.7. The van der Waals surface area contributed by atoms with Crippen LogP contribution in [-0.4, -0.2) is 56.6 Å². The molecule has 0 radical (unpaired) electrons. The van der Waals surface area contributed by atoms with Gasteiger partial charge in [0.1, 0.15) is 18.3 Å². The maximum Gasteiger partial charge on any atom is 0.244 e. The fourth-order valence-corrected chi connectivity index (χ4v) is 4.76. The van der Waals surface area contributed by atoms with E-state index in [2.05, 4.69) is 5.32 Å². The summed E-state index contributed by atoms with van der Waals surface area (Å²) in [5.41, 5.74) is 2.21. The summed E-state index contributed by atoms with van der Waals surface area (Å²) in [6.45, 7) is 10.5. The second kappa shape index (κ2) is 11.1. The molecule has 0 saturated heterocycles. The van der Waals surface area contributed by atoms with Gasteiger partial charge in [-0.15, -0.1) is 0 Å². The number of nitrogens with zero attached hydrogens (tertiary/aromatic N) is 2. The Morgan fingerprint density at radius 1 is 1.06 bits per heavy atom. The molecule has 2 amide bonds. The van der Waals surface area contributed by atoms with Crippen LogP contribution in [-0.2, 0) is 26.2 Å². The monoisotopic (exact) mass is 503 g/mol. The van der Waals surface area contributed by atoms with Crippen molar-refractivity contribution < 1.29 is 22.7 Å². The fourth-order valence-electron chi connectivity index (χ4n) is 3.80. The molecule has 192 valence electrons. The smallest absolute Gasteiger partial charge is 0.244 e. The summed E-state index contributed by atoms with van der Waals surface area (Å²) in [6, 6.07) is 11.8. The number of aryl methyl sites for hydroxylation is 2. The van der Waals surface area contributed by atoms with Crippen molar-refractivity contribution in [3.8, 4) is 5.75 Å². The highest BCUT2D eigenvalue weighted by molar-refractivity contribution is 7.92. The van der Waals surface area contributed by atoms with Gasteiger partial charge in [0.25, 0.3) is 0 Å². The summed E-state index contributed by atoms with van der Waals surface area (Å²) in [5, 5.41) is 2.91. The van der Waals surface area contributed by atoms with E-state index in [1.165, 1.54) is 4.90 Å². The molecule has 0 fully saturated rings. The average molecular weight is 504 g/mol. The number of methoxy groups -OCH3 is 1. The molecule has 1 N–H and O–H groups in total. The first-order valence-corrected chi connectivity index (χ1v) is 13.3. The first-order chi connectivity index (χ1) is 16.1. The van der Waals surface area contributed by atoms with Crippen molar-refractivity contribution in [3.05, 3.63) is 59.2 Å². The van der Waals surface area contributed by atoms with Crippen LogP contribution in [0.5, 0.6) is 5.75 Å². The van der Waals surface area contributed by atoms with Crippen molar-refractivity contribution in [1.29, 1.82) is 0 Å². The first kappa shape index (κ1) is 28.2. The molecule has 2 aromatic rings. The Morgan fingerprint density at radius 2 is 1.63 bits per heavy atom. The Hall–Kier alpha value is -3.07. The number of para-hydroxylation sites is 1. The highest BCUT2D eigenvalue weighted by Crippen LogP contribution is 2.27. The largest absolute Gasteiger partial charge is 0.497 e. The number of carbonyl (C=O) groups excluding carboxylic acids is 2. The Balaban J connectivity index is 2.48. The molecule has 0 aliphatic heterocycles. The standard InChI is InChI=1S/C26H37N3O5S/c1-18-11-9-12-19(2)24(18)29(35(8,32)33)17-23(30)28(20(3)25(31)27-26(4,5)6)16-21-13-10-14-22(15-21)34-7/h9-15,20H,16-17H2,1-8H3,(H,27,31). The third-order valence-electron chi connectivity index (χ3n) is 5.52. The lowest BCUT2D eigenvalue weighted by Crippen LogP contribution is -2.54. The molecule has 8 nitrogen and oxygen atoms in total. The second-order valence-corrected chi connectivity index (χ2v) is 11.7. The maximum atomic E-state index is 13.7. The van der Waals surface area contributed by atoms with E-state index in [1.807, 2.05) is 32.9 Å². The minimum atomic E-state index is -3.78. The Labute approximate surface area is 209 Å². The van der Waals surface area contributed by atoms with E-state index in [9.17, 15) is 18.0 Å². The molecule has 0 aliphatic carbocycles. The van der Waals surface area contributed by atoms with E-state index in [-0.39, 0.29) is 12.5 Å². The lowest BCUT2D eigenvalue weighted by atomic mass is 10.1. The van der Waals surface area contributed by atoms with Crippen molar-refractivity contribution in [3.63, 3.8) is 0 Å². The van der Waals surface area contributed by atoms with Crippen molar-refractivity contribution in [2.75, 3.05) is 24.2 Å². The number of hydrogen-bond acceptors (Lipinski definition) is 5. The van der Waals surface area contributed by atoms with Gasteiger partial charge < -0.3 is 15.0 Å². The van der Waals surface area contributed by atoms with Gasteiger partial charge in [-0.05, 0) is 70.4 Å². The maximum absolute atomic E-state index is 13.7. The number of anilines is 1. The van der Waals surface area contributed by atoms with Gasteiger partial charge in [0.05, 0.1) is 19.1 Å². The summed E-state index contributed by atoms with van der Waals surface area (Å²) in [6.07, 6.45) is 1.08. The summed E-state index contributed by atoms with van der Waals surface area (Å²) >= 11 is 0. The van der Waals surface area contributed by atoms with Gasteiger partial charge in [0.2, 0.25) is 21.8 Å². The van der Waals surface area contributed by atoms with E-state index in [4.69, 9.17) is 4.74 Å². The summed E-state index contributed by atoms with van der Waals surface area (Å²) in [7, 11) is -2.23. The third kappa shape index (κ3) is 7.71. The fraction of sp³-hybridized carbons (Fsp3) is 0.462. The molecule has 2 rings (SSSR count). The number of rotatable bonds is 9. The van der Waals surface area contributed by atoms with Gasteiger partial charge >= 0.3 is 0 Å². The molecule has 0 saturated carbocycles. The summed E-state index contributed by atoms with van der Waals surface area (Å²) in [5.74, 6) is -0.195. The van der Waals surface area contributed by atoms with E-state index in [1.54, 1.807) is 58.2 Å². The normalized spacial score (nSPS) is 12.6. The van der Waals surface area contributed by atoms with Crippen LogP contribution in [0.15, 0.2) is 42.5 Å². The van der Waals surface area contributed by atoms with Crippen LogP contribution in [0, 0.1) is 13.8 Å². The number of amides is 2. The Bertz CT molecular complexity index is 1150. The van der Waals surface area contributed by atoms with Crippen LogP contribution in [0.25, 0.3) is 0 Å². The second-order valence-electron chi connectivity index (χ2n) is 9.80. The van der Waals surface area contributed by atoms with Gasteiger partial charge in [0.15, 0.2) is 0 Å². The minimum absolute atomic E-state index is 0.110. The molecule has 2 aromatic carbocycles. The molecule has 0 bridgehead atoms. The molecule has 1 atom stereocenters. The average Bonchev–Trinajstić information content (AvgIpc) is 2.74. The lowest BCUT2D eigenvalue weighted by Gasteiger charge is -2.33. The first-order valence-electron chi connectivity index (χ1n) is 11.4. The summed E-state index contributed by atoms with van der Waals surface area (Å²) < 4.78 is 32.0. The minimum Gasteiger partial charge on any atom is -0.497 e. The molecular formula is C26H37N3O5S. The van der Waals surface area contributed by atoms with Crippen molar-refractivity contribution in [2.45, 2.75) is 59.7 Å².